The summed E-state index contributed by atoms with van der Waals surface area (Å²) in [5.74, 6) is 0.518. The van der Waals surface area contributed by atoms with Crippen LogP contribution >= 0.6 is 0 Å². The Morgan fingerprint density at radius 2 is 1.67 bits per heavy atom. The number of para-hydroxylation sites is 1. The number of rotatable bonds is 5. The molecule has 0 spiro atoms. The van der Waals surface area contributed by atoms with Gasteiger partial charge in [-0.3, -0.25) is 4.79 Å². The van der Waals surface area contributed by atoms with Gasteiger partial charge < -0.3 is 9.47 Å². The lowest BCUT2D eigenvalue weighted by atomic mass is 10.1. The van der Waals surface area contributed by atoms with Crippen LogP contribution in [0.3, 0.4) is 0 Å². The Labute approximate surface area is 123 Å². The van der Waals surface area contributed by atoms with Crippen LogP contribution in [-0.4, -0.2) is 18.4 Å². The topological polar surface area (TPSA) is 52.6 Å². The SMILES string of the molecule is CC(=O)c1ccc(OC(=O)COc2ccccc2C)cc1. The third kappa shape index (κ3) is 4.18. The second kappa shape index (κ2) is 6.70. The highest BCUT2D eigenvalue weighted by Gasteiger charge is 2.08. The van der Waals surface area contributed by atoms with Gasteiger partial charge in [0.05, 0.1) is 0 Å². The second-order valence-corrected chi connectivity index (χ2v) is 4.61. The van der Waals surface area contributed by atoms with E-state index in [1.807, 2.05) is 25.1 Å². The molecule has 0 radical (unpaired) electrons. The summed E-state index contributed by atoms with van der Waals surface area (Å²) in [6.07, 6.45) is 0. The van der Waals surface area contributed by atoms with E-state index in [0.29, 0.717) is 17.1 Å². The molecule has 4 nitrogen and oxygen atoms in total. The lowest BCUT2D eigenvalue weighted by Gasteiger charge is -2.08. The van der Waals surface area contributed by atoms with Gasteiger partial charge in [-0.25, -0.2) is 4.79 Å². The van der Waals surface area contributed by atoms with E-state index >= 15 is 0 Å². The molecule has 108 valence electrons. The molecule has 2 aromatic carbocycles. The monoisotopic (exact) mass is 284 g/mol. The number of carbonyl (C=O) groups is 2. The van der Waals surface area contributed by atoms with Crippen LogP contribution < -0.4 is 9.47 Å². The summed E-state index contributed by atoms with van der Waals surface area (Å²) in [7, 11) is 0. The smallest absolute Gasteiger partial charge is 0.349 e. The lowest BCUT2D eigenvalue weighted by molar-refractivity contribution is -0.136. The van der Waals surface area contributed by atoms with Crippen LogP contribution in [0.15, 0.2) is 48.5 Å². The highest BCUT2D eigenvalue weighted by Crippen LogP contribution is 2.17. The van der Waals surface area contributed by atoms with Gasteiger partial charge in [0.15, 0.2) is 12.4 Å². The Bertz CT molecular complexity index is 644. The van der Waals surface area contributed by atoms with Gasteiger partial charge >= 0.3 is 5.97 Å². The minimum Gasteiger partial charge on any atom is -0.482 e. The van der Waals surface area contributed by atoms with E-state index in [1.54, 1.807) is 30.3 Å². The number of hydrogen-bond acceptors (Lipinski definition) is 4. The molecule has 0 saturated heterocycles. The van der Waals surface area contributed by atoms with Crippen molar-refractivity contribution in [2.75, 3.05) is 6.61 Å². The molecule has 0 unspecified atom stereocenters. The summed E-state index contributed by atoms with van der Waals surface area (Å²) in [6, 6.07) is 13.8. The van der Waals surface area contributed by atoms with E-state index in [4.69, 9.17) is 9.47 Å². The quantitative estimate of drug-likeness (QED) is 0.481. The minimum absolute atomic E-state index is 0.0317. The zero-order chi connectivity index (χ0) is 15.2. The van der Waals surface area contributed by atoms with Crippen molar-refractivity contribution in [1.82, 2.24) is 0 Å². The van der Waals surface area contributed by atoms with Gasteiger partial charge in [-0.1, -0.05) is 18.2 Å². The first-order valence-corrected chi connectivity index (χ1v) is 6.56. The van der Waals surface area contributed by atoms with Gasteiger partial charge in [-0.2, -0.15) is 0 Å². The Balaban J connectivity index is 1.90. The molecule has 0 amide bonds. The van der Waals surface area contributed by atoms with Crippen molar-refractivity contribution in [3.8, 4) is 11.5 Å². The zero-order valence-electron chi connectivity index (χ0n) is 12.0. The average Bonchev–Trinajstić information content (AvgIpc) is 2.47. The van der Waals surface area contributed by atoms with Gasteiger partial charge in [-0.15, -0.1) is 0 Å². The van der Waals surface area contributed by atoms with Crippen LogP contribution in [0, 0.1) is 6.92 Å². The van der Waals surface area contributed by atoms with E-state index in [2.05, 4.69) is 0 Å². The first-order chi connectivity index (χ1) is 10.1. The molecule has 0 heterocycles. The standard InChI is InChI=1S/C17H16O4/c1-12-5-3-4-6-16(12)20-11-17(19)21-15-9-7-14(8-10-15)13(2)18/h3-10H,11H2,1-2H3. The van der Waals surface area contributed by atoms with Crippen molar-refractivity contribution in [1.29, 1.82) is 0 Å². The molecule has 0 aliphatic heterocycles. The van der Waals surface area contributed by atoms with Crippen molar-refractivity contribution in [3.05, 3.63) is 59.7 Å². The average molecular weight is 284 g/mol. The van der Waals surface area contributed by atoms with Crippen LogP contribution in [0.5, 0.6) is 11.5 Å². The van der Waals surface area contributed by atoms with Gasteiger partial charge in [0.25, 0.3) is 0 Å². The van der Waals surface area contributed by atoms with Gasteiger partial charge in [0, 0.05) is 5.56 Å². The Kier molecular flexibility index (Phi) is 4.72. The number of hydrogen-bond donors (Lipinski definition) is 0. The molecule has 0 saturated carbocycles. The largest absolute Gasteiger partial charge is 0.482 e. The fraction of sp³-hybridized carbons (Fsp3) is 0.176. The Morgan fingerprint density at radius 1 is 1.00 bits per heavy atom. The molecule has 0 atom stereocenters. The molecule has 2 aromatic rings. The molecule has 0 aromatic heterocycles. The van der Waals surface area contributed by atoms with Crippen LogP contribution in [0.2, 0.25) is 0 Å². The molecule has 0 aliphatic carbocycles. The molecule has 4 heteroatoms. The van der Waals surface area contributed by atoms with E-state index in [9.17, 15) is 9.59 Å². The predicted octanol–water partition coefficient (Wildman–Crippen LogP) is 3.18. The summed E-state index contributed by atoms with van der Waals surface area (Å²) in [4.78, 5) is 22.8. The third-order valence-corrected chi connectivity index (χ3v) is 2.93. The van der Waals surface area contributed by atoms with Crippen LogP contribution in [-0.2, 0) is 4.79 Å². The molecular weight excluding hydrogens is 268 g/mol. The lowest BCUT2D eigenvalue weighted by Crippen LogP contribution is -2.18. The first-order valence-electron chi connectivity index (χ1n) is 6.56. The van der Waals surface area contributed by atoms with Crippen LogP contribution in [0.1, 0.15) is 22.8 Å². The number of Topliss-reactive ketones (excluding diaryl/α,β-unsaturated/α-hetero) is 1. The van der Waals surface area contributed by atoms with E-state index in [0.717, 1.165) is 5.56 Å². The van der Waals surface area contributed by atoms with Crippen LogP contribution in [0.4, 0.5) is 0 Å². The van der Waals surface area contributed by atoms with E-state index in [1.165, 1.54) is 6.92 Å². The molecule has 0 bridgehead atoms. The fourth-order valence-corrected chi connectivity index (χ4v) is 1.77. The number of esters is 1. The van der Waals surface area contributed by atoms with Crippen molar-refractivity contribution >= 4 is 11.8 Å². The van der Waals surface area contributed by atoms with Gasteiger partial charge in [0.1, 0.15) is 11.5 Å². The number of carbonyl (C=O) groups excluding carboxylic acids is 2. The maximum atomic E-state index is 11.7. The van der Waals surface area contributed by atoms with Crippen molar-refractivity contribution < 1.29 is 19.1 Å². The van der Waals surface area contributed by atoms with Crippen molar-refractivity contribution in [2.45, 2.75) is 13.8 Å². The zero-order valence-corrected chi connectivity index (χ0v) is 12.0. The number of ether oxygens (including phenoxy) is 2. The predicted molar refractivity (Wildman–Crippen MR) is 78.8 cm³/mol. The molecule has 0 aliphatic rings. The second-order valence-electron chi connectivity index (χ2n) is 4.61. The van der Waals surface area contributed by atoms with Crippen LogP contribution in [0.25, 0.3) is 0 Å². The highest BCUT2D eigenvalue weighted by molar-refractivity contribution is 5.94. The Hall–Kier alpha value is -2.62. The summed E-state index contributed by atoms with van der Waals surface area (Å²) in [5, 5.41) is 0. The van der Waals surface area contributed by atoms with Gasteiger partial charge in [0.2, 0.25) is 0 Å². The Morgan fingerprint density at radius 3 is 2.29 bits per heavy atom. The first kappa shape index (κ1) is 14.8. The van der Waals surface area contributed by atoms with Crippen molar-refractivity contribution in [3.63, 3.8) is 0 Å². The molecule has 0 N–H and O–H groups in total. The van der Waals surface area contributed by atoms with E-state index in [-0.39, 0.29) is 12.4 Å². The molecule has 2 rings (SSSR count). The highest BCUT2D eigenvalue weighted by atomic mass is 16.6. The summed E-state index contributed by atoms with van der Waals surface area (Å²) in [6.45, 7) is 3.22. The molecular formula is C17H16O4. The summed E-state index contributed by atoms with van der Waals surface area (Å²) >= 11 is 0. The number of aryl methyl sites for hydroxylation is 1. The molecule has 0 fully saturated rings. The maximum absolute atomic E-state index is 11.7. The normalized spacial score (nSPS) is 10.0. The fourth-order valence-electron chi connectivity index (χ4n) is 1.77. The van der Waals surface area contributed by atoms with E-state index < -0.39 is 5.97 Å². The molecule has 21 heavy (non-hydrogen) atoms. The van der Waals surface area contributed by atoms with Crippen molar-refractivity contribution in [2.24, 2.45) is 0 Å². The van der Waals surface area contributed by atoms with Gasteiger partial charge in [-0.05, 0) is 49.7 Å². The maximum Gasteiger partial charge on any atom is 0.349 e. The number of benzene rings is 2. The number of ketones is 1. The summed E-state index contributed by atoms with van der Waals surface area (Å²) < 4.78 is 10.5. The minimum atomic E-state index is -0.492. The summed E-state index contributed by atoms with van der Waals surface area (Å²) in [5.41, 5.74) is 1.53. The third-order valence-electron chi connectivity index (χ3n) is 2.93.